The van der Waals surface area contributed by atoms with Gasteiger partial charge in [-0.15, -0.1) is 0 Å². The third-order valence-corrected chi connectivity index (χ3v) is 5.44. The third-order valence-electron chi connectivity index (χ3n) is 5.44. The van der Waals surface area contributed by atoms with Crippen LogP contribution in [0.5, 0.6) is 0 Å². The van der Waals surface area contributed by atoms with Crippen LogP contribution < -0.4 is 5.32 Å². The van der Waals surface area contributed by atoms with E-state index in [0.717, 1.165) is 48.3 Å². The summed E-state index contributed by atoms with van der Waals surface area (Å²) in [6.45, 7) is 8.23. The van der Waals surface area contributed by atoms with Crippen molar-refractivity contribution in [2.75, 3.05) is 6.54 Å². The molecule has 0 radical (unpaired) electrons. The van der Waals surface area contributed by atoms with Crippen molar-refractivity contribution in [1.29, 1.82) is 0 Å². The number of rotatable bonds is 9. The lowest BCUT2D eigenvalue weighted by molar-refractivity contribution is -0.120. The zero-order valence-electron chi connectivity index (χ0n) is 17.2. The number of aromatic nitrogens is 2. The molecule has 0 bridgehead atoms. The van der Waals surface area contributed by atoms with Gasteiger partial charge >= 0.3 is 0 Å². The van der Waals surface area contributed by atoms with E-state index in [1.165, 1.54) is 5.52 Å². The number of benzene rings is 2. The molecule has 0 aliphatic rings. The fraction of sp³-hybridized carbons (Fsp3) is 0.417. The van der Waals surface area contributed by atoms with Gasteiger partial charge in [-0.25, -0.2) is 4.98 Å². The van der Waals surface area contributed by atoms with E-state index in [-0.39, 0.29) is 5.91 Å². The van der Waals surface area contributed by atoms with Gasteiger partial charge in [0.05, 0.1) is 17.5 Å². The fourth-order valence-corrected chi connectivity index (χ4v) is 3.48. The van der Waals surface area contributed by atoms with Gasteiger partial charge in [0.15, 0.2) is 0 Å². The summed E-state index contributed by atoms with van der Waals surface area (Å²) in [4.78, 5) is 17.1. The zero-order chi connectivity index (χ0) is 19.9. The maximum Gasteiger partial charge on any atom is 0.224 e. The molecule has 0 fully saturated rings. The van der Waals surface area contributed by atoms with E-state index in [2.05, 4.69) is 41.9 Å². The van der Waals surface area contributed by atoms with Crippen LogP contribution in [-0.4, -0.2) is 22.0 Å². The van der Waals surface area contributed by atoms with Crippen molar-refractivity contribution in [3.05, 3.63) is 65.5 Å². The molecule has 1 N–H and O–H groups in total. The second-order valence-corrected chi connectivity index (χ2v) is 7.70. The molecular weight excluding hydrogens is 346 g/mol. The van der Waals surface area contributed by atoms with Crippen LogP contribution in [0.4, 0.5) is 0 Å². The van der Waals surface area contributed by atoms with Crippen LogP contribution in [0.2, 0.25) is 0 Å². The zero-order valence-corrected chi connectivity index (χ0v) is 17.2. The van der Waals surface area contributed by atoms with Gasteiger partial charge in [0.2, 0.25) is 5.91 Å². The number of para-hydroxylation sites is 2. The molecule has 0 spiro atoms. The van der Waals surface area contributed by atoms with Crippen LogP contribution in [0.25, 0.3) is 11.0 Å². The lowest BCUT2D eigenvalue weighted by Crippen LogP contribution is -2.26. The van der Waals surface area contributed by atoms with E-state index < -0.39 is 0 Å². The van der Waals surface area contributed by atoms with E-state index in [9.17, 15) is 4.79 Å². The van der Waals surface area contributed by atoms with Gasteiger partial charge in [-0.3, -0.25) is 4.79 Å². The number of nitrogens with zero attached hydrogens (tertiary/aromatic N) is 2. The molecule has 0 aliphatic heterocycles. The second-order valence-electron chi connectivity index (χ2n) is 7.70. The van der Waals surface area contributed by atoms with Crippen LogP contribution in [0.3, 0.4) is 0 Å². The highest BCUT2D eigenvalue weighted by Gasteiger charge is 2.12. The molecule has 0 aliphatic carbocycles. The Bertz CT molecular complexity index is 928. The Balaban J connectivity index is 1.57. The van der Waals surface area contributed by atoms with Crippen LogP contribution in [0.1, 0.15) is 43.6 Å². The molecule has 1 unspecified atom stereocenters. The Morgan fingerprint density at radius 2 is 1.89 bits per heavy atom. The molecule has 28 heavy (non-hydrogen) atoms. The minimum Gasteiger partial charge on any atom is -0.356 e. The van der Waals surface area contributed by atoms with Gasteiger partial charge in [0.25, 0.3) is 0 Å². The highest BCUT2D eigenvalue weighted by Crippen LogP contribution is 2.19. The van der Waals surface area contributed by atoms with Gasteiger partial charge in [-0.2, -0.15) is 0 Å². The van der Waals surface area contributed by atoms with Crippen LogP contribution in [-0.2, 0) is 24.2 Å². The predicted molar refractivity (Wildman–Crippen MR) is 115 cm³/mol. The van der Waals surface area contributed by atoms with Crippen molar-refractivity contribution in [1.82, 2.24) is 14.9 Å². The van der Waals surface area contributed by atoms with Gasteiger partial charge < -0.3 is 9.88 Å². The van der Waals surface area contributed by atoms with Gasteiger partial charge in [-0.1, -0.05) is 56.7 Å². The molecule has 0 saturated heterocycles. The first-order valence-electron chi connectivity index (χ1n) is 10.3. The number of hydrogen-bond acceptors (Lipinski definition) is 2. The molecule has 0 saturated carbocycles. The van der Waals surface area contributed by atoms with Crippen molar-refractivity contribution in [2.24, 2.45) is 5.92 Å². The number of aryl methyl sites for hydroxylation is 2. The number of carbonyl (C=O) groups is 1. The lowest BCUT2D eigenvalue weighted by atomic mass is 10.1. The Labute approximate surface area is 168 Å². The first-order chi connectivity index (χ1) is 13.6. The van der Waals surface area contributed by atoms with Gasteiger partial charge in [-0.05, 0) is 42.5 Å². The highest BCUT2D eigenvalue weighted by molar-refractivity contribution is 5.79. The van der Waals surface area contributed by atoms with Crippen LogP contribution in [0.15, 0.2) is 48.5 Å². The normalized spacial score (nSPS) is 12.2. The van der Waals surface area contributed by atoms with E-state index in [1.807, 2.05) is 37.3 Å². The summed E-state index contributed by atoms with van der Waals surface area (Å²) in [5.41, 5.74) is 4.53. The quantitative estimate of drug-likeness (QED) is 0.550. The maximum atomic E-state index is 12.2. The van der Waals surface area contributed by atoms with E-state index in [0.29, 0.717) is 18.9 Å². The Morgan fingerprint density at radius 3 is 2.68 bits per heavy atom. The van der Waals surface area contributed by atoms with Crippen molar-refractivity contribution in [3.63, 3.8) is 0 Å². The summed E-state index contributed by atoms with van der Waals surface area (Å²) in [6, 6.07) is 16.4. The van der Waals surface area contributed by atoms with E-state index in [4.69, 9.17) is 4.98 Å². The van der Waals surface area contributed by atoms with Crippen molar-refractivity contribution < 1.29 is 4.79 Å². The molecule has 3 aromatic rings. The minimum absolute atomic E-state index is 0.0856. The summed E-state index contributed by atoms with van der Waals surface area (Å²) in [6.07, 6.45) is 3.36. The van der Waals surface area contributed by atoms with Crippen molar-refractivity contribution in [2.45, 2.75) is 53.0 Å². The average Bonchev–Trinajstić information content (AvgIpc) is 3.04. The predicted octanol–water partition coefficient (Wildman–Crippen LogP) is 4.68. The maximum absolute atomic E-state index is 12.2. The molecule has 4 nitrogen and oxygen atoms in total. The number of amides is 1. The van der Waals surface area contributed by atoms with E-state index in [1.54, 1.807) is 0 Å². The molecule has 148 valence electrons. The third kappa shape index (κ3) is 5.00. The first kappa shape index (κ1) is 20.1. The summed E-state index contributed by atoms with van der Waals surface area (Å²) >= 11 is 0. The molecule has 2 aromatic carbocycles. The number of hydrogen-bond donors (Lipinski definition) is 1. The monoisotopic (exact) mass is 377 g/mol. The summed E-state index contributed by atoms with van der Waals surface area (Å²) < 4.78 is 2.36. The Hall–Kier alpha value is -2.62. The molecule has 3 rings (SSSR count). The number of imidazole rings is 1. The fourth-order valence-electron chi connectivity index (χ4n) is 3.48. The smallest absolute Gasteiger partial charge is 0.224 e. The second kappa shape index (κ2) is 9.54. The largest absolute Gasteiger partial charge is 0.356 e. The first-order valence-corrected chi connectivity index (χ1v) is 10.3. The van der Waals surface area contributed by atoms with Crippen molar-refractivity contribution >= 4 is 16.9 Å². The number of carbonyl (C=O) groups excluding carboxylic acids is 1. The topological polar surface area (TPSA) is 46.9 Å². The molecule has 1 amide bonds. The van der Waals surface area contributed by atoms with Crippen LogP contribution in [0, 0.1) is 12.8 Å². The summed E-state index contributed by atoms with van der Waals surface area (Å²) in [7, 11) is 0. The SMILES string of the molecule is CCC(C)Cn1c(CCCNC(=O)Cc2ccccc2C)nc2ccccc21. The highest BCUT2D eigenvalue weighted by atomic mass is 16.1. The average molecular weight is 378 g/mol. The minimum atomic E-state index is 0.0856. The lowest BCUT2D eigenvalue weighted by Gasteiger charge is -2.14. The van der Waals surface area contributed by atoms with E-state index >= 15 is 0 Å². The molecule has 1 heterocycles. The van der Waals surface area contributed by atoms with Gasteiger partial charge in [0, 0.05) is 19.5 Å². The standard InChI is InChI=1S/C24H31N3O/c1-4-18(2)17-27-22-13-8-7-12-21(22)26-23(27)14-9-15-25-24(28)16-20-11-6-5-10-19(20)3/h5-8,10-13,18H,4,9,14-17H2,1-3H3,(H,25,28). The summed E-state index contributed by atoms with van der Waals surface area (Å²) in [5, 5.41) is 3.06. The molecule has 4 heteroatoms. The number of fused-ring (bicyclic) bond motifs is 1. The van der Waals surface area contributed by atoms with Crippen molar-refractivity contribution in [3.8, 4) is 0 Å². The van der Waals surface area contributed by atoms with Gasteiger partial charge in [0.1, 0.15) is 5.82 Å². The molecule has 1 aromatic heterocycles. The summed E-state index contributed by atoms with van der Waals surface area (Å²) in [5.74, 6) is 1.82. The van der Waals surface area contributed by atoms with Crippen LogP contribution >= 0.6 is 0 Å². The Kier molecular flexibility index (Phi) is 6.85. The Morgan fingerprint density at radius 1 is 1.14 bits per heavy atom. The number of nitrogens with one attached hydrogen (secondary N) is 1. The molecular formula is C24H31N3O. The molecule has 1 atom stereocenters.